The van der Waals surface area contributed by atoms with Crippen molar-refractivity contribution in [2.75, 3.05) is 5.73 Å². The average molecular weight is 643 g/mol. The first kappa shape index (κ1) is 38.1. The van der Waals surface area contributed by atoms with E-state index in [1.165, 1.54) is 5.56 Å². The predicted octanol–water partition coefficient (Wildman–Crippen LogP) is 11.2. The van der Waals surface area contributed by atoms with Crippen LogP contribution in [0.4, 0.5) is 5.69 Å². The third kappa shape index (κ3) is 10.7. The minimum atomic E-state index is 0.217. The molecule has 0 saturated heterocycles. The highest BCUT2D eigenvalue weighted by molar-refractivity contribution is 7.14. The fraction of sp³-hybridized carbons (Fsp3) is 0.167. The molecule has 3 rings (SSSR count). The minimum absolute atomic E-state index is 0.217. The van der Waals surface area contributed by atoms with Crippen LogP contribution in [0.15, 0.2) is 152 Å². The minimum Gasteiger partial charge on any atom is -0.398 e. The maximum atomic E-state index is 9.01. The highest BCUT2D eigenvalue weighted by atomic mass is 32.1. The number of nitrogens with two attached hydrogens (primary N) is 1. The Labute approximate surface area is 287 Å². The van der Waals surface area contributed by atoms with Gasteiger partial charge in [-0.25, -0.2) is 0 Å². The SMILES string of the molecule is C=C/C=C(\C(C)=C(/C)NC(=C)C(=N)c1cc(C(/C=C(\C=C)NC(=C)Cc2ccccc2)=C/C)ccc1N)c1ccc(C(=C)C)s1.CC. The second-order valence-corrected chi connectivity index (χ2v) is 11.8. The van der Waals surface area contributed by atoms with E-state index < -0.39 is 0 Å². The normalized spacial score (nSPS) is 12.2. The van der Waals surface area contributed by atoms with Gasteiger partial charge in [-0.1, -0.05) is 101 Å². The Morgan fingerprint density at radius 2 is 1.57 bits per heavy atom. The second-order valence-electron chi connectivity index (χ2n) is 10.7. The third-order valence-corrected chi connectivity index (χ3v) is 8.54. The summed E-state index contributed by atoms with van der Waals surface area (Å²) in [7, 11) is 0. The van der Waals surface area contributed by atoms with Crippen molar-refractivity contribution < 1.29 is 0 Å². The molecule has 5 N–H and O–H groups in total. The highest BCUT2D eigenvalue weighted by Crippen LogP contribution is 2.33. The second kappa shape index (κ2) is 18.7. The summed E-state index contributed by atoms with van der Waals surface area (Å²) in [5.41, 5.74) is 16.9. The van der Waals surface area contributed by atoms with Gasteiger partial charge in [0, 0.05) is 44.5 Å². The molecular formula is C42H50N4S. The maximum Gasteiger partial charge on any atom is 0.0861 e. The zero-order valence-electron chi connectivity index (χ0n) is 28.9. The van der Waals surface area contributed by atoms with E-state index in [1.54, 1.807) is 23.5 Å². The Morgan fingerprint density at radius 3 is 2.15 bits per heavy atom. The zero-order chi connectivity index (χ0) is 35.1. The number of nitrogen functional groups attached to an aromatic ring is 1. The summed E-state index contributed by atoms with van der Waals surface area (Å²) in [4.78, 5) is 2.26. The van der Waals surface area contributed by atoms with Gasteiger partial charge in [0.05, 0.1) is 11.4 Å². The molecule has 0 bridgehead atoms. The summed E-state index contributed by atoms with van der Waals surface area (Å²) in [6, 6.07) is 20.1. The lowest BCUT2D eigenvalue weighted by atomic mass is 9.97. The lowest BCUT2D eigenvalue weighted by molar-refractivity contribution is 0.942. The summed E-state index contributed by atoms with van der Waals surface area (Å²) in [5, 5.41) is 15.7. The molecule has 47 heavy (non-hydrogen) atoms. The average Bonchev–Trinajstić information content (AvgIpc) is 3.57. The molecule has 0 saturated carbocycles. The fourth-order valence-corrected chi connectivity index (χ4v) is 5.67. The van der Waals surface area contributed by atoms with E-state index in [1.807, 2.05) is 96.2 Å². The molecule has 0 amide bonds. The van der Waals surface area contributed by atoms with Crippen molar-refractivity contribution in [2.24, 2.45) is 0 Å². The Bertz CT molecular complexity index is 1760. The van der Waals surface area contributed by atoms with Crippen molar-refractivity contribution in [2.45, 2.75) is 48.0 Å². The van der Waals surface area contributed by atoms with E-state index in [2.05, 4.69) is 67.8 Å². The number of allylic oxidation sites excluding steroid dienone is 12. The summed E-state index contributed by atoms with van der Waals surface area (Å²) >= 11 is 1.69. The monoisotopic (exact) mass is 642 g/mol. The molecule has 0 fully saturated rings. The molecule has 2 aromatic carbocycles. The molecule has 0 unspecified atom stereocenters. The molecule has 1 heterocycles. The summed E-state index contributed by atoms with van der Waals surface area (Å²) in [6.45, 7) is 32.4. The Hall–Kier alpha value is -5.13. The van der Waals surface area contributed by atoms with E-state index in [9.17, 15) is 0 Å². The molecule has 0 aliphatic heterocycles. The number of hydrogen-bond donors (Lipinski definition) is 4. The van der Waals surface area contributed by atoms with E-state index in [0.717, 1.165) is 54.7 Å². The van der Waals surface area contributed by atoms with Gasteiger partial charge in [0.2, 0.25) is 0 Å². The molecule has 4 nitrogen and oxygen atoms in total. The highest BCUT2D eigenvalue weighted by Gasteiger charge is 2.15. The summed E-state index contributed by atoms with van der Waals surface area (Å²) in [5.74, 6) is 0. The first-order chi connectivity index (χ1) is 22.5. The number of anilines is 1. The molecule has 5 heteroatoms. The van der Waals surface area contributed by atoms with Crippen LogP contribution in [0.2, 0.25) is 0 Å². The molecule has 1 aromatic heterocycles. The van der Waals surface area contributed by atoms with Crippen LogP contribution in [0.3, 0.4) is 0 Å². The molecule has 3 aromatic rings. The van der Waals surface area contributed by atoms with Crippen LogP contribution in [0.25, 0.3) is 16.7 Å². The predicted molar refractivity (Wildman–Crippen MR) is 211 cm³/mol. The van der Waals surface area contributed by atoms with Crippen LogP contribution in [0, 0.1) is 5.41 Å². The number of rotatable bonds is 15. The van der Waals surface area contributed by atoms with E-state index in [-0.39, 0.29) is 5.71 Å². The van der Waals surface area contributed by atoms with Gasteiger partial charge < -0.3 is 16.4 Å². The number of hydrogen-bond acceptors (Lipinski definition) is 5. The molecular weight excluding hydrogens is 593 g/mol. The van der Waals surface area contributed by atoms with Crippen LogP contribution in [-0.2, 0) is 6.42 Å². The quantitative estimate of drug-likeness (QED) is 0.0757. The van der Waals surface area contributed by atoms with Crippen LogP contribution >= 0.6 is 11.3 Å². The molecule has 0 spiro atoms. The van der Waals surface area contributed by atoms with Gasteiger partial charge in [-0.3, -0.25) is 5.41 Å². The molecule has 0 atom stereocenters. The Kier molecular flexibility index (Phi) is 15.2. The van der Waals surface area contributed by atoms with Crippen molar-refractivity contribution in [3.63, 3.8) is 0 Å². The molecule has 244 valence electrons. The Balaban J connectivity index is 0.00000376. The van der Waals surface area contributed by atoms with Crippen LogP contribution in [-0.4, -0.2) is 5.71 Å². The van der Waals surface area contributed by atoms with Gasteiger partial charge in [-0.2, -0.15) is 0 Å². The number of nitrogens with one attached hydrogen (secondary N) is 3. The number of thiophene rings is 1. The van der Waals surface area contributed by atoms with Gasteiger partial charge in [-0.15, -0.1) is 11.3 Å². The van der Waals surface area contributed by atoms with Crippen molar-refractivity contribution in [1.82, 2.24) is 10.6 Å². The molecule has 0 aliphatic rings. The van der Waals surface area contributed by atoms with E-state index >= 15 is 0 Å². The van der Waals surface area contributed by atoms with Crippen LogP contribution in [0.1, 0.15) is 68.0 Å². The van der Waals surface area contributed by atoms with E-state index in [0.29, 0.717) is 23.4 Å². The standard InChI is InChI=1S/C40H44N4S.C2H6/c1-10-16-35(39-22-21-38(45-39)26(4)5)28(7)29(8)44-30(9)40(42)36-25-33(19-20-37(36)41)32(11-2)24-34(12-3)43-27(6)23-31-17-14-13-15-18-31;1-2/h10-22,24-25,42-44H,1,3-4,6,9,23,41H2,2,5,7-8H3;1-2H3/b29-28+,32-11+,34-24+,35-16+,42-40?;. The summed E-state index contributed by atoms with van der Waals surface area (Å²) < 4.78 is 0. The van der Waals surface area contributed by atoms with Gasteiger partial charge in [0.1, 0.15) is 0 Å². The Morgan fingerprint density at radius 1 is 0.915 bits per heavy atom. The van der Waals surface area contributed by atoms with Gasteiger partial charge in [0.15, 0.2) is 0 Å². The fourth-order valence-electron chi connectivity index (χ4n) is 4.66. The van der Waals surface area contributed by atoms with E-state index in [4.69, 9.17) is 11.1 Å². The van der Waals surface area contributed by atoms with Gasteiger partial charge in [-0.05, 0) is 97.5 Å². The first-order valence-electron chi connectivity index (χ1n) is 15.7. The molecule has 0 radical (unpaired) electrons. The van der Waals surface area contributed by atoms with Crippen molar-refractivity contribution in [3.8, 4) is 0 Å². The zero-order valence-corrected chi connectivity index (χ0v) is 29.7. The first-order valence-corrected chi connectivity index (χ1v) is 16.5. The number of benzene rings is 2. The smallest absolute Gasteiger partial charge is 0.0861 e. The third-order valence-electron chi connectivity index (χ3n) is 7.26. The molecule has 0 aliphatic carbocycles. The van der Waals surface area contributed by atoms with Crippen molar-refractivity contribution in [3.05, 3.63) is 179 Å². The maximum absolute atomic E-state index is 9.01. The largest absolute Gasteiger partial charge is 0.398 e. The lowest BCUT2D eigenvalue weighted by Gasteiger charge is -2.17. The van der Waals surface area contributed by atoms with Crippen LogP contribution < -0.4 is 16.4 Å². The van der Waals surface area contributed by atoms with Gasteiger partial charge in [0.25, 0.3) is 0 Å². The lowest BCUT2D eigenvalue weighted by Crippen LogP contribution is -2.20. The van der Waals surface area contributed by atoms with Crippen molar-refractivity contribution in [1.29, 1.82) is 5.41 Å². The summed E-state index contributed by atoms with van der Waals surface area (Å²) in [6.07, 6.45) is 10.3. The van der Waals surface area contributed by atoms with Crippen LogP contribution in [0.5, 0.6) is 0 Å². The van der Waals surface area contributed by atoms with Gasteiger partial charge >= 0.3 is 0 Å². The topological polar surface area (TPSA) is 73.9 Å². The van der Waals surface area contributed by atoms with Crippen molar-refractivity contribution >= 4 is 39.5 Å².